The normalized spacial score (nSPS) is 10.3. The molecule has 2 aromatic heterocycles. The Bertz CT molecular complexity index is 585. The fourth-order valence-corrected chi connectivity index (χ4v) is 1.60. The van der Waals surface area contributed by atoms with Gasteiger partial charge in [0.15, 0.2) is 5.82 Å². The summed E-state index contributed by atoms with van der Waals surface area (Å²) in [6.45, 7) is 1.86. The van der Waals surface area contributed by atoms with Crippen LogP contribution < -0.4 is 5.32 Å². The van der Waals surface area contributed by atoms with Gasteiger partial charge in [0.25, 0.3) is 0 Å². The molecule has 0 aliphatic rings. The van der Waals surface area contributed by atoms with Crippen molar-refractivity contribution in [3.05, 3.63) is 38.6 Å². The van der Waals surface area contributed by atoms with E-state index in [-0.39, 0.29) is 18.1 Å². The molecular formula is C9H8BrN5O3. The smallest absolute Gasteiger partial charge is 0.312 e. The van der Waals surface area contributed by atoms with E-state index in [9.17, 15) is 10.1 Å². The van der Waals surface area contributed by atoms with Crippen LogP contribution in [0.1, 0.15) is 11.7 Å². The van der Waals surface area contributed by atoms with Crippen LogP contribution in [0.4, 0.5) is 11.5 Å². The summed E-state index contributed by atoms with van der Waals surface area (Å²) in [6.07, 6.45) is 1.47. The molecule has 9 heteroatoms. The van der Waals surface area contributed by atoms with Gasteiger partial charge >= 0.3 is 5.69 Å². The first kappa shape index (κ1) is 12.4. The van der Waals surface area contributed by atoms with Crippen molar-refractivity contribution < 1.29 is 9.45 Å². The Balaban J connectivity index is 2.16. The minimum absolute atomic E-state index is 0.121. The number of rotatable bonds is 4. The molecule has 1 N–H and O–H groups in total. The maximum atomic E-state index is 10.8. The molecule has 8 nitrogen and oxygen atoms in total. The summed E-state index contributed by atoms with van der Waals surface area (Å²) in [4.78, 5) is 18.2. The van der Waals surface area contributed by atoms with E-state index in [1.54, 1.807) is 6.92 Å². The minimum atomic E-state index is -0.512. The predicted molar refractivity (Wildman–Crippen MR) is 65.0 cm³/mol. The zero-order chi connectivity index (χ0) is 13.1. The minimum Gasteiger partial charge on any atom is -0.357 e. The van der Waals surface area contributed by atoms with Crippen molar-refractivity contribution >= 4 is 27.4 Å². The monoisotopic (exact) mass is 313 g/mol. The van der Waals surface area contributed by atoms with Gasteiger partial charge in [0.1, 0.15) is 0 Å². The van der Waals surface area contributed by atoms with Crippen molar-refractivity contribution in [1.29, 1.82) is 0 Å². The SMILES string of the molecule is Cc1nc(CNc2ncc(Br)cc2[N+](=O)[O-])no1. The van der Waals surface area contributed by atoms with Crippen LogP contribution in [0.5, 0.6) is 0 Å². The fourth-order valence-electron chi connectivity index (χ4n) is 1.28. The maximum Gasteiger partial charge on any atom is 0.312 e. The molecule has 0 aliphatic heterocycles. The van der Waals surface area contributed by atoms with Crippen molar-refractivity contribution in [2.75, 3.05) is 5.32 Å². The highest BCUT2D eigenvalue weighted by atomic mass is 79.9. The number of hydrogen-bond acceptors (Lipinski definition) is 7. The number of pyridine rings is 1. The van der Waals surface area contributed by atoms with E-state index >= 15 is 0 Å². The number of halogens is 1. The first-order valence-electron chi connectivity index (χ1n) is 4.89. The van der Waals surface area contributed by atoms with Gasteiger partial charge in [0.05, 0.1) is 11.5 Å². The molecule has 0 aromatic carbocycles. The maximum absolute atomic E-state index is 10.8. The average Bonchev–Trinajstić information content (AvgIpc) is 2.73. The first-order chi connectivity index (χ1) is 8.56. The van der Waals surface area contributed by atoms with E-state index in [1.165, 1.54) is 12.3 Å². The van der Waals surface area contributed by atoms with Crippen molar-refractivity contribution in [2.45, 2.75) is 13.5 Å². The molecule has 2 aromatic rings. The number of aromatic nitrogens is 3. The number of nitro groups is 1. The zero-order valence-electron chi connectivity index (χ0n) is 9.25. The van der Waals surface area contributed by atoms with Crippen LogP contribution in [0.15, 0.2) is 21.3 Å². The Morgan fingerprint density at radius 2 is 2.39 bits per heavy atom. The molecule has 94 valence electrons. The molecule has 0 fully saturated rings. The summed E-state index contributed by atoms with van der Waals surface area (Å²) < 4.78 is 5.32. The van der Waals surface area contributed by atoms with Gasteiger partial charge < -0.3 is 9.84 Å². The van der Waals surface area contributed by atoms with Gasteiger partial charge in [-0.05, 0) is 15.9 Å². The number of nitrogens with zero attached hydrogens (tertiary/aromatic N) is 4. The van der Waals surface area contributed by atoms with Crippen LogP contribution in [-0.2, 0) is 6.54 Å². The van der Waals surface area contributed by atoms with E-state index in [1.807, 2.05) is 0 Å². The predicted octanol–water partition coefficient (Wildman–Crippen LogP) is 2.06. The Kier molecular flexibility index (Phi) is 3.51. The van der Waals surface area contributed by atoms with Crippen LogP contribution in [0.2, 0.25) is 0 Å². The van der Waals surface area contributed by atoms with E-state index in [4.69, 9.17) is 4.52 Å². The second kappa shape index (κ2) is 5.08. The molecule has 18 heavy (non-hydrogen) atoms. The Morgan fingerprint density at radius 3 is 3.00 bits per heavy atom. The average molecular weight is 314 g/mol. The van der Waals surface area contributed by atoms with Crippen molar-refractivity contribution in [3.63, 3.8) is 0 Å². The number of hydrogen-bond donors (Lipinski definition) is 1. The molecule has 0 bridgehead atoms. The molecule has 0 radical (unpaired) electrons. The summed E-state index contributed by atoms with van der Waals surface area (Å²) in [5.41, 5.74) is -0.121. The Labute approximate surface area is 110 Å². The molecule has 2 heterocycles. The van der Waals surface area contributed by atoms with Crippen molar-refractivity contribution in [2.24, 2.45) is 0 Å². The summed E-state index contributed by atoms with van der Waals surface area (Å²) in [5.74, 6) is 1.00. The highest BCUT2D eigenvalue weighted by molar-refractivity contribution is 9.10. The van der Waals surface area contributed by atoms with Crippen molar-refractivity contribution in [3.8, 4) is 0 Å². The third-order valence-electron chi connectivity index (χ3n) is 2.01. The van der Waals surface area contributed by atoms with Crippen LogP contribution in [-0.4, -0.2) is 20.0 Å². The lowest BCUT2D eigenvalue weighted by molar-refractivity contribution is -0.384. The molecule has 0 atom stereocenters. The Hall–Kier alpha value is -2.03. The second-order valence-electron chi connectivity index (χ2n) is 3.36. The number of anilines is 1. The fraction of sp³-hybridized carbons (Fsp3) is 0.222. The lowest BCUT2D eigenvalue weighted by atomic mass is 10.4. The molecule has 2 rings (SSSR count). The van der Waals surface area contributed by atoms with Gasteiger partial charge in [-0.2, -0.15) is 4.98 Å². The third kappa shape index (κ3) is 2.80. The highest BCUT2D eigenvalue weighted by Crippen LogP contribution is 2.25. The summed E-state index contributed by atoms with van der Waals surface area (Å²) in [5, 5.41) is 17.3. The summed E-state index contributed by atoms with van der Waals surface area (Å²) >= 11 is 3.13. The van der Waals surface area contributed by atoms with Gasteiger partial charge in [-0.3, -0.25) is 10.1 Å². The molecular weight excluding hydrogens is 306 g/mol. The van der Waals surface area contributed by atoms with Gasteiger partial charge in [0.2, 0.25) is 11.7 Å². The van der Waals surface area contributed by atoms with Gasteiger partial charge in [-0.25, -0.2) is 4.98 Å². The number of nitrogens with one attached hydrogen (secondary N) is 1. The third-order valence-corrected chi connectivity index (χ3v) is 2.45. The largest absolute Gasteiger partial charge is 0.357 e. The molecule has 0 saturated carbocycles. The lowest BCUT2D eigenvalue weighted by Gasteiger charge is -2.03. The van der Waals surface area contributed by atoms with Gasteiger partial charge in [0, 0.05) is 23.7 Å². The topological polar surface area (TPSA) is 107 Å². The Morgan fingerprint density at radius 1 is 1.61 bits per heavy atom. The number of aryl methyl sites for hydroxylation is 1. The summed E-state index contributed by atoms with van der Waals surface area (Å²) in [6, 6.07) is 1.37. The molecule has 0 unspecified atom stereocenters. The lowest BCUT2D eigenvalue weighted by Crippen LogP contribution is -2.05. The van der Waals surface area contributed by atoms with Crippen LogP contribution in [0, 0.1) is 17.0 Å². The molecule has 0 aliphatic carbocycles. The van der Waals surface area contributed by atoms with E-state index < -0.39 is 4.92 Å². The van der Waals surface area contributed by atoms with E-state index in [0.717, 1.165) is 0 Å². The quantitative estimate of drug-likeness (QED) is 0.679. The van der Waals surface area contributed by atoms with Crippen molar-refractivity contribution in [1.82, 2.24) is 15.1 Å². The van der Waals surface area contributed by atoms with Gasteiger partial charge in [-0.1, -0.05) is 5.16 Å². The highest BCUT2D eigenvalue weighted by Gasteiger charge is 2.16. The van der Waals surface area contributed by atoms with Crippen LogP contribution >= 0.6 is 15.9 Å². The van der Waals surface area contributed by atoms with Crippen LogP contribution in [0.3, 0.4) is 0 Å². The first-order valence-corrected chi connectivity index (χ1v) is 5.68. The van der Waals surface area contributed by atoms with E-state index in [0.29, 0.717) is 16.2 Å². The molecule has 0 saturated heterocycles. The summed E-state index contributed by atoms with van der Waals surface area (Å²) in [7, 11) is 0. The van der Waals surface area contributed by atoms with E-state index in [2.05, 4.69) is 36.4 Å². The standard InChI is InChI=1S/C9H8BrN5O3/c1-5-13-8(14-18-5)4-12-9-7(15(16)17)2-6(10)3-11-9/h2-3H,4H2,1H3,(H,11,12). The van der Waals surface area contributed by atoms with Crippen LogP contribution in [0.25, 0.3) is 0 Å². The zero-order valence-corrected chi connectivity index (χ0v) is 10.8. The van der Waals surface area contributed by atoms with Gasteiger partial charge in [-0.15, -0.1) is 0 Å². The second-order valence-corrected chi connectivity index (χ2v) is 4.28. The molecule has 0 amide bonds. The molecule has 0 spiro atoms.